The predicted octanol–water partition coefficient (Wildman–Crippen LogP) is 4.87. The zero-order chi connectivity index (χ0) is 17.4. The fourth-order valence-corrected chi connectivity index (χ4v) is 3.18. The van der Waals surface area contributed by atoms with Crippen LogP contribution in [0.25, 0.3) is 0 Å². The van der Waals surface area contributed by atoms with Gasteiger partial charge in [0, 0.05) is 23.4 Å². The average molecular weight is 366 g/mol. The van der Waals surface area contributed by atoms with Crippen LogP contribution in [-0.4, -0.2) is 25.9 Å². The van der Waals surface area contributed by atoms with Crippen molar-refractivity contribution in [1.82, 2.24) is 0 Å². The van der Waals surface area contributed by atoms with Crippen molar-refractivity contribution in [3.8, 4) is 11.5 Å². The van der Waals surface area contributed by atoms with Crippen LogP contribution >= 0.6 is 23.4 Å². The van der Waals surface area contributed by atoms with Gasteiger partial charge in [-0.05, 0) is 24.3 Å². The third-order valence-electron chi connectivity index (χ3n) is 3.31. The van der Waals surface area contributed by atoms with Crippen molar-refractivity contribution in [3.63, 3.8) is 0 Å². The van der Waals surface area contributed by atoms with E-state index >= 15 is 0 Å². The number of methoxy groups -OCH3 is 2. The molecule has 0 radical (unpaired) electrons. The molecular formula is C18H20ClNO3S. The second kappa shape index (κ2) is 9.45. The summed E-state index contributed by atoms with van der Waals surface area (Å²) < 4.78 is 10.4. The molecule has 0 heterocycles. The molecule has 0 aromatic heterocycles. The smallest absolute Gasteiger partial charge is 0.224 e. The van der Waals surface area contributed by atoms with Crippen LogP contribution in [0.15, 0.2) is 47.4 Å². The van der Waals surface area contributed by atoms with Gasteiger partial charge in [0.15, 0.2) is 11.5 Å². The first-order valence-corrected chi connectivity index (χ1v) is 8.89. The van der Waals surface area contributed by atoms with Gasteiger partial charge in [-0.1, -0.05) is 29.8 Å². The van der Waals surface area contributed by atoms with Gasteiger partial charge in [0.05, 0.1) is 24.9 Å². The van der Waals surface area contributed by atoms with Crippen LogP contribution in [0.2, 0.25) is 5.02 Å². The van der Waals surface area contributed by atoms with Crippen LogP contribution in [0.1, 0.15) is 12.8 Å². The molecule has 2 aromatic carbocycles. The third-order valence-corrected chi connectivity index (χ3v) is 4.72. The Hall–Kier alpha value is -1.85. The number of rotatable bonds is 8. The van der Waals surface area contributed by atoms with Gasteiger partial charge in [-0.25, -0.2) is 0 Å². The molecule has 0 aliphatic rings. The molecule has 2 rings (SSSR count). The summed E-state index contributed by atoms with van der Waals surface area (Å²) in [5.41, 5.74) is 0.523. The summed E-state index contributed by atoms with van der Waals surface area (Å²) in [7, 11) is 3.08. The molecule has 0 spiro atoms. The van der Waals surface area contributed by atoms with Crippen molar-refractivity contribution in [2.75, 3.05) is 25.3 Å². The minimum Gasteiger partial charge on any atom is -0.493 e. The van der Waals surface area contributed by atoms with Gasteiger partial charge in [-0.3, -0.25) is 4.79 Å². The molecule has 24 heavy (non-hydrogen) atoms. The fraction of sp³-hybridized carbons (Fsp3) is 0.278. The minimum absolute atomic E-state index is 0.0715. The predicted molar refractivity (Wildman–Crippen MR) is 99.6 cm³/mol. The van der Waals surface area contributed by atoms with Gasteiger partial charge >= 0.3 is 0 Å². The van der Waals surface area contributed by atoms with Crippen LogP contribution in [0.5, 0.6) is 11.5 Å². The molecule has 0 unspecified atom stereocenters. The van der Waals surface area contributed by atoms with Gasteiger partial charge < -0.3 is 14.8 Å². The summed E-state index contributed by atoms with van der Waals surface area (Å²) in [6.07, 6.45) is 1.22. The SMILES string of the molecule is COc1cc(Cl)c(NC(=O)CCCSc2ccccc2)cc1OC. The molecule has 0 bridgehead atoms. The number of ether oxygens (including phenoxy) is 2. The fourth-order valence-electron chi connectivity index (χ4n) is 2.10. The monoisotopic (exact) mass is 365 g/mol. The van der Waals surface area contributed by atoms with E-state index in [2.05, 4.69) is 17.4 Å². The Morgan fingerprint density at radius 2 is 1.79 bits per heavy atom. The first kappa shape index (κ1) is 18.5. The molecule has 1 N–H and O–H groups in total. The molecule has 128 valence electrons. The Labute approximate surface area is 151 Å². The highest BCUT2D eigenvalue weighted by molar-refractivity contribution is 7.99. The lowest BCUT2D eigenvalue weighted by atomic mass is 10.2. The molecule has 0 fully saturated rings. The average Bonchev–Trinajstić information content (AvgIpc) is 2.61. The molecule has 2 aromatic rings. The van der Waals surface area contributed by atoms with Crippen LogP contribution < -0.4 is 14.8 Å². The second-order valence-corrected chi connectivity index (χ2v) is 6.58. The maximum atomic E-state index is 12.1. The summed E-state index contributed by atoms with van der Waals surface area (Å²) in [4.78, 5) is 13.3. The molecule has 4 nitrogen and oxygen atoms in total. The van der Waals surface area contributed by atoms with E-state index in [1.54, 1.807) is 23.9 Å². The summed E-state index contributed by atoms with van der Waals surface area (Å²) in [6, 6.07) is 13.4. The zero-order valence-electron chi connectivity index (χ0n) is 13.7. The Morgan fingerprint density at radius 1 is 1.12 bits per heavy atom. The standard InChI is InChI=1S/C18H20ClNO3S/c1-22-16-11-14(19)15(12-17(16)23-2)20-18(21)9-6-10-24-13-7-4-3-5-8-13/h3-5,7-8,11-12H,6,9-10H2,1-2H3,(H,20,21). The number of carbonyl (C=O) groups is 1. The highest BCUT2D eigenvalue weighted by Gasteiger charge is 2.12. The normalized spacial score (nSPS) is 10.3. The molecule has 6 heteroatoms. The molecule has 0 saturated heterocycles. The number of carbonyl (C=O) groups excluding carboxylic acids is 1. The summed E-state index contributed by atoms with van der Waals surface area (Å²) in [5, 5.41) is 3.24. The Balaban J connectivity index is 1.84. The van der Waals surface area contributed by atoms with Crippen molar-refractivity contribution in [2.24, 2.45) is 0 Å². The quantitative estimate of drug-likeness (QED) is 0.535. The van der Waals surface area contributed by atoms with E-state index in [4.69, 9.17) is 21.1 Å². The van der Waals surface area contributed by atoms with Crippen molar-refractivity contribution in [3.05, 3.63) is 47.5 Å². The minimum atomic E-state index is -0.0715. The lowest BCUT2D eigenvalue weighted by Crippen LogP contribution is -2.12. The number of halogens is 1. The third kappa shape index (κ3) is 5.35. The van der Waals surface area contributed by atoms with E-state index in [9.17, 15) is 4.79 Å². The van der Waals surface area contributed by atoms with Gasteiger partial charge in [0.2, 0.25) is 5.91 Å². The van der Waals surface area contributed by atoms with Crippen LogP contribution in [0.4, 0.5) is 5.69 Å². The van der Waals surface area contributed by atoms with E-state index in [0.29, 0.717) is 28.6 Å². The number of hydrogen-bond donors (Lipinski definition) is 1. The van der Waals surface area contributed by atoms with Crippen LogP contribution in [0.3, 0.4) is 0 Å². The summed E-state index contributed by atoms with van der Waals surface area (Å²) in [5.74, 6) is 1.87. The maximum absolute atomic E-state index is 12.1. The van der Waals surface area contributed by atoms with Crippen molar-refractivity contribution in [1.29, 1.82) is 0 Å². The molecular weight excluding hydrogens is 346 g/mol. The molecule has 0 aliphatic carbocycles. The number of anilines is 1. The number of nitrogens with one attached hydrogen (secondary N) is 1. The van der Waals surface area contributed by atoms with Crippen molar-refractivity contribution >= 4 is 35.0 Å². The van der Waals surface area contributed by atoms with Crippen molar-refractivity contribution in [2.45, 2.75) is 17.7 Å². The second-order valence-electron chi connectivity index (χ2n) is 5.00. The van der Waals surface area contributed by atoms with E-state index in [1.165, 1.54) is 19.1 Å². The Morgan fingerprint density at radius 3 is 2.46 bits per heavy atom. The summed E-state index contributed by atoms with van der Waals surface area (Å²) in [6.45, 7) is 0. The highest BCUT2D eigenvalue weighted by Crippen LogP contribution is 2.36. The van der Waals surface area contributed by atoms with Crippen LogP contribution in [0, 0.1) is 0 Å². The number of thioether (sulfide) groups is 1. The van der Waals surface area contributed by atoms with Gasteiger partial charge in [0.1, 0.15) is 0 Å². The lowest BCUT2D eigenvalue weighted by molar-refractivity contribution is -0.116. The van der Waals surface area contributed by atoms with Crippen molar-refractivity contribution < 1.29 is 14.3 Å². The summed E-state index contributed by atoms with van der Waals surface area (Å²) >= 11 is 7.91. The van der Waals surface area contributed by atoms with Gasteiger partial charge in [-0.2, -0.15) is 0 Å². The maximum Gasteiger partial charge on any atom is 0.224 e. The highest BCUT2D eigenvalue weighted by atomic mass is 35.5. The van der Waals surface area contributed by atoms with Gasteiger partial charge in [-0.15, -0.1) is 11.8 Å². The number of benzene rings is 2. The lowest BCUT2D eigenvalue weighted by Gasteiger charge is -2.12. The largest absolute Gasteiger partial charge is 0.493 e. The first-order valence-electron chi connectivity index (χ1n) is 7.53. The zero-order valence-corrected chi connectivity index (χ0v) is 15.2. The van der Waals surface area contributed by atoms with E-state index in [0.717, 1.165) is 12.2 Å². The number of amides is 1. The molecule has 0 aliphatic heterocycles. The van der Waals surface area contributed by atoms with Gasteiger partial charge in [0.25, 0.3) is 0 Å². The van der Waals surface area contributed by atoms with Crippen LogP contribution in [-0.2, 0) is 4.79 Å². The number of hydrogen-bond acceptors (Lipinski definition) is 4. The first-order chi connectivity index (χ1) is 11.6. The van der Waals surface area contributed by atoms with E-state index in [1.807, 2.05) is 18.2 Å². The molecule has 0 atom stereocenters. The van der Waals surface area contributed by atoms with E-state index < -0.39 is 0 Å². The molecule has 0 saturated carbocycles. The Kier molecular flexibility index (Phi) is 7.28. The Bertz CT molecular complexity index is 679. The van der Waals surface area contributed by atoms with E-state index in [-0.39, 0.29) is 5.91 Å². The molecule has 1 amide bonds. The topological polar surface area (TPSA) is 47.6 Å².